The summed E-state index contributed by atoms with van der Waals surface area (Å²) < 4.78 is 45.3. The zero-order chi connectivity index (χ0) is 26.9. The van der Waals surface area contributed by atoms with Crippen LogP contribution in [0.1, 0.15) is 24.1 Å². The molecule has 2 atom stereocenters. The molecule has 0 radical (unpaired) electrons. The van der Waals surface area contributed by atoms with Gasteiger partial charge in [0.2, 0.25) is 0 Å². The number of hydrogen-bond acceptors (Lipinski definition) is 3. The Morgan fingerprint density at radius 1 is 0.947 bits per heavy atom. The quantitative estimate of drug-likeness (QED) is 0.322. The van der Waals surface area contributed by atoms with Crippen LogP contribution in [0.2, 0.25) is 0 Å². The van der Waals surface area contributed by atoms with E-state index in [0.717, 1.165) is 28.5 Å². The Morgan fingerprint density at radius 3 is 2.47 bits per heavy atom. The van der Waals surface area contributed by atoms with E-state index >= 15 is 0 Å². The van der Waals surface area contributed by atoms with E-state index in [1.807, 2.05) is 49.4 Å². The van der Waals surface area contributed by atoms with Crippen LogP contribution in [0.15, 0.2) is 91.0 Å². The number of alkyl halides is 3. The van der Waals surface area contributed by atoms with Gasteiger partial charge in [0.1, 0.15) is 5.75 Å². The Kier molecular flexibility index (Phi) is 6.67. The molecule has 0 aromatic heterocycles. The topological polar surface area (TPSA) is 70.7 Å². The standard InChI is InChI=1S/C29H24F3N3O3/c1-18(22-13-6-9-19-8-2-3-12-23(19)22)33-27(36)26-17-35(24-14-4-5-15-25(24)38-26)28(37)34-21-11-7-10-20(16-21)29(30,31)32/h2-16,18,26H,17H2,1H3,(H,33,36)(H,34,37). The molecule has 0 aliphatic carbocycles. The SMILES string of the molecule is CC(NC(=O)C1CN(C(=O)Nc2cccc(C(F)(F)F)c2)c2ccccc2O1)c1cccc2ccccc12. The van der Waals surface area contributed by atoms with E-state index in [1.165, 1.54) is 17.0 Å². The lowest BCUT2D eigenvalue weighted by atomic mass is 9.99. The predicted octanol–water partition coefficient (Wildman–Crippen LogP) is 6.54. The average Bonchev–Trinajstić information content (AvgIpc) is 2.91. The number of fused-ring (bicyclic) bond motifs is 2. The van der Waals surface area contributed by atoms with Crippen molar-refractivity contribution in [3.8, 4) is 5.75 Å². The monoisotopic (exact) mass is 519 g/mol. The number of nitrogens with one attached hydrogen (secondary N) is 2. The van der Waals surface area contributed by atoms with Gasteiger partial charge in [-0.3, -0.25) is 9.69 Å². The first-order valence-electron chi connectivity index (χ1n) is 12.0. The number of urea groups is 1. The van der Waals surface area contributed by atoms with Crippen molar-refractivity contribution in [2.45, 2.75) is 25.2 Å². The lowest BCUT2D eigenvalue weighted by molar-refractivity contribution is -0.137. The Labute approximate surface area is 217 Å². The third-order valence-electron chi connectivity index (χ3n) is 6.40. The molecule has 194 valence electrons. The van der Waals surface area contributed by atoms with Crippen molar-refractivity contribution in [2.75, 3.05) is 16.8 Å². The molecular weight excluding hydrogens is 495 g/mol. The van der Waals surface area contributed by atoms with Crippen molar-refractivity contribution >= 4 is 34.1 Å². The van der Waals surface area contributed by atoms with Gasteiger partial charge in [-0.15, -0.1) is 0 Å². The van der Waals surface area contributed by atoms with Crippen LogP contribution in [-0.4, -0.2) is 24.6 Å². The highest BCUT2D eigenvalue weighted by molar-refractivity contribution is 6.04. The lowest BCUT2D eigenvalue weighted by Crippen LogP contribution is -2.52. The van der Waals surface area contributed by atoms with Crippen molar-refractivity contribution in [1.82, 2.24) is 5.32 Å². The highest BCUT2D eigenvalue weighted by atomic mass is 19.4. The first-order chi connectivity index (χ1) is 18.2. The van der Waals surface area contributed by atoms with Gasteiger partial charge in [0.05, 0.1) is 23.8 Å². The van der Waals surface area contributed by atoms with Crippen molar-refractivity contribution in [3.63, 3.8) is 0 Å². The largest absolute Gasteiger partial charge is 0.477 e. The second kappa shape index (κ2) is 10.1. The number of carbonyl (C=O) groups excluding carboxylic acids is 2. The lowest BCUT2D eigenvalue weighted by Gasteiger charge is -2.34. The van der Waals surface area contributed by atoms with Crippen molar-refractivity contribution in [3.05, 3.63) is 102 Å². The summed E-state index contributed by atoms with van der Waals surface area (Å²) in [7, 11) is 0. The Balaban J connectivity index is 1.36. The van der Waals surface area contributed by atoms with Gasteiger partial charge in [0.25, 0.3) is 5.91 Å². The van der Waals surface area contributed by atoms with Gasteiger partial charge < -0.3 is 15.4 Å². The summed E-state index contributed by atoms with van der Waals surface area (Å²) in [6.45, 7) is 1.74. The van der Waals surface area contributed by atoms with E-state index in [2.05, 4.69) is 10.6 Å². The maximum atomic E-state index is 13.3. The third kappa shape index (κ3) is 5.13. The van der Waals surface area contributed by atoms with Crippen molar-refractivity contribution in [2.24, 2.45) is 0 Å². The number of hydrogen-bond donors (Lipinski definition) is 2. The molecule has 1 aliphatic rings. The number of anilines is 2. The minimum atomic E-state index is -4.55. The maximum absolute atomic E-state index is 13.3. The van der Waals surface area contributed by atoms with Gasteiger partial charge in [-0.1, -0.05) is 60.7 Å². The van der Waals surface area contributed by atoms with Gasteiger partial charge in [-0.25, -0.2) is 4.79 Å². The first-order valence-corrected chi connectivity index (χ1v) is 12.0. The van der Waals surface area contributed by atoms with Gasteiger partial charge in [-0.2, -0.15) is 13.2 Å². The first kappa shape index (κ1) is 25.1. The number of rotatable bonds is 4. The molecular formula is C29H24F3N3O3. The van der Waals surface area contributed by atoms with Crippen LogP contribution in [0.4, 0.5) is 29.3 Å². The fourth-order valence-electron chi connectivity index (χ4n) is 4.54. The summed E-state index contributed by atoms with van der Waals surface area (Å²) in [6.07, 6.45) is -5.58. The van der Waals surface area contributed by atoms with E-state index in [4.69, 9.17) is 4.74 Å². The van der Waals surface area contributed by atoms with Crippen molar-refractivity contribution < 1.29 is 27.5 Å². The van der Waals surface area contributed by atoms with Crippen LogP contribution < -0.4 is 20.3 Å². The predicted molar refractivity (Wildman–Crippen MR) is 139 cm³/mol. The van der Waals surface area contributed by atoms with Gasteiger partial charge in [0, 0.05) is 5.69 Å². The molecule has 3 amide bonds. The number of ether oxygens (including phenoxy) is 1. The second-order valence-electron chi connectivity index (χ2n) is 8.99. The number of carbonyl (C=O) groups is 2. The summed E-state index contributed by atoms with van der Waals surface area (Å²) >= 11 is 0. The normalized spacial score (nSPS) is 15.8. The highest BCUT2D eigenvalue weighted by Gasteiger charge is 2.35. The molecule has 1 heterocycles. The van der Waals surface area contributed by atoms with E-state index in [-0.39, 0.29) is 18.3 Å². The summed E-state index contributed by atoms with van der Waals surface area (Å²) in [5, 5.41) is 7.55. The van der Waals surface area contributed by atoms with Crippen LogP contribution in [0, 0.1) is 0 Å². The number of amides is 3. The second-order valence-corrected chi connectivity index (χ2v) is 8.99. The smallest absolute Gasteiger partial charge is 0.416 e. The maximum Gasteiger partial charge on any atom is 0.416 e. The highest BCUT2D eigenvalue weighted by Crippen LogP contribution is 2.35. The minimum Gasteiger partial charge on any atom is -0.477 e. The van der Waals surface area contributed by atoms with Crippen molar-refractivity contribution in [1.29, 1.82) is 0 Å². The molecule has 2 N–H and O–H groups in total. The van der Waals surface area contributed by atoms with Crippen LogP contribution in [0.5, 0.6) is 5.75 Å². The molecule has 38 heavy (non-hydrogen) atoms. The molecule has 2 unspecified atom stereocenters. The average molecular weight is 520 g/mol. The molecule has 0 spiro atoms. The molecule has 0 fully saturated rings. The summed E-state index contributed by atoms with van der Waals surface area (Å²) in [4.78, 5) is 27.8. The number of halogens is 3. The van der Waals surface area contributed by atoms with Gasteiger partial charge >= 0.3 is 12.2 Å². The summed E-state index contributed by atoms with van der Waals surface area (Å²) in [5.74, 6) is -0.104. The molecule has 4 aromatic rings. The molecule has 0 saturated carbocycles. The van der Waals surface area contributed by atoms with Gasteiger partial charge in [-0.05, 0) is 53.6 Å². The van der Waals surface area contributed by atoms with Crippen LogP contribution in [-0.2, 0) is 11.0 Å². The van der Waals surface area contributed by atoms with Crippen LogP contribution in [0.25, 0.3) is 10.8 Å². The van der Waals surface area contributed by atoms with E-state index < -0.39 is 29.8 Å². The molecule has 1 aliphatic heterocycles. The molecule has 4 aromatic carbocycles. The molecule has 6 nitrogen and oxygen atoms in total. The van der Waals surface area contributed by atoms with E-state index in [9.17, 15) is 22.8 Å². The Bertz CT molecular complexity index is 1500. The van der Waals surface area contributed by atoms with E-state index in [1.54, 1.807) is 24.3 Å². The van der Waals surface area contributed by atoms with Crippen LogP contribution >= 0.6 is 0 Å². The third-order valence-corrected chi connectivity index (χ3v) is 6.40. The fourth-order valence-corrected chi connectivity index (χ4v) is 4.54. The summed E-state index contributed by atoms with van der Waals surface area (Å²) in [6, 6.07) is 23.8. The number of nitrogens with zero attached hydrogens (tertiary/aromatic N) is 1. The van der Waals surface area contributed by atoms with Gasteiger partial charge in [0.15, 0.2) is 6.10 Å². The Hall–Kier alpha value is -4.53. The number of para-hydroxylation sites is 2. The summed E-state index contributed by atoms with van der Waals surface area (Å²) in [5.41, 5.74) is 0.451. The fraction of sp³-hybridized carbons (Fsp3) is 0.172. The Morgan fingerprint density at radius 2 is 1.66 bits per heavy atom. The molecule has 5 rings (SSSR count). The zero-order valence-electron chi connectivity index (χ0n) is 20.3. The molecule has 0 saturated heterocycles. The zero-order valence-corrected chi connectivity index (χ0v) is 20.3. The van der Waals surface area contributed by atoms with Crippen LogP contribution in [0.3, 0.4) is 0 Å². The molecule has 0 bridgehead atoms. The van der Waals surface area contributed by atoms with E-state index in [0.29, 0.717) is 11.4 Å². The molecule has 9 heteroatoms. The number of benzene rings is 4. The minimum absolute atomic E-state index is 0.0145.